The first-order valence-electron chi connectivity index (χ1n) is 12.2. The molecule has 0 unspecified atom stereocenters. The van der Waals surface area contributed by atoms with Gasteiger partial charge in [0.2, 0.25) is 0 Å². The van der Waals surface area contributed by atoms with Gasteiger partial charge < -0.3 is 14.7 Å². The average Bonchev–Trinajstić information content (AvgIpc) is 3.47. The van der Waals surface area contributed by atoms with Crippen molar-refractivity contribution in [1.82, 2.24) is 9.21 Å². The van der Waals surface area contributed by atoms with Gasteiger partial charge in [-0.05, 0) is 48.7 Å². The topological polar surface area (TPSA) is 133 Å². The number of rotatable bonds is 9. The number of nitrogens with zero attached hydrogens (tertiary/aromatic N) is 2. The first-order valence-corrected chi connectivity index (χ1v) is 16.0. The zero-order valence-electron chi connectivity index (χ0n) is 21.7. The molecule has 1 aliphatic rings. The van der Waals surface area contributed by atoms with Gasteiger partial charge in [-0.2, -0.15) is 4.31 Å². The third kappa shape index (κ3) is 6.28. The molecule has 2 aromatic carbocycles. The highest BCUT2D eigenvalue weighted by Gasteiger charge is 2.35. The van der Waals surface area contributed by atoms with E-state index >= 15 is 0 Å². The SMILES string of the molecule is C[C@H]1CN([C@@H](C)CO)C(=O)c2cc(NS(=O)(=O)c3ccccc3)ccc2O[C@H]1CN(C)S(=O)(=O)c1cccs1. The monoisotopic (exact) mass is 593 g/mol. The Bertz CT molecular complexity index is 1510. The Hall–Kier alpha value is -2.97. The molecule has 39 heavy (non-hydrogen) atoms. The zero-order chi connectivity index (χ0) is 28.4. The number of benzene rings is 2. The minimum atomic E-state index is -3.91. The molecule has 1 aliphatic heterocycles. The van der Waals surface area contributed by atoms with Crippen LogP contribution < -0.4 is 9.46 Å². The van der Waals surface area contributed by atoms with Crippen molar-refractivity contribution >= 4 is 43.0 Å². The normalized spacial score (nSPS) is 19.1. The molecule has 10 nitrogen and oxygen atoms in total. The number of carbonyl (C=O) groups excluding carboxylic acids is 1. The lowest BCUT2D eigenvalue weighted by atomic mass is 9.99. The standard InChI is InChI=1S/C26H31N3O7S3/c1-18-15-29(19(2)17-30)26(31)22-14-20(27-38(32,33)21-8-5-4-6-9-21)11-12-23(22)36-24(18)16-28(3)39(34,35)25-10-7-13-37-25/h4-14,18-19,24,27,30H,15-17H2,1-3H3/t18-,19-,24-/m0/s1. The van der Waals surface area contributed by atoms with Crippen LogP contribution in [0.25, 0.3) is 0 Å². The molecule has 0 saturated carbocycles. The first kappa shape index (κ1) is 29.0. The average molecular weight is 594 g/mol. The maximum absolute atomic E-state index is 13.6. The van der Waals surface area contributed by atoms with Crippen molar-refractivity contribution in [2.24, 2.45) is 5.92 Å². The second-order valence-corrected chi connectivity index (χ2v) is 14.4. The van der Waals surface area contributed by atoms with Crippen molar-refractivity contribution < 1.29 is 31.5 Å². The number of aliphatic hydroxyl groups is 1. The number of hydrogen-bond acceptors (Lipinski definition) is 8. The molecular weight excluding hydrogens is 563 g/mol. The molecule has 0 saturated heterocycles. The molecule has 1 aromatic heterocycles. The summed E-state index contributed by atoms with van der Waals surface area (Å²) in [6.07, 6.45) is -0.642. The number of aliphatic hydroxyl groups excluding tert-OH is 1. The molecule has 0 spiro atoms. The van der Waals surface area contributed by atoms with Gasteiger partial charge >= 0.3 is 0 Å². The van der Waals surface area contributed by atoms with Crippen LogP contribution in [0.15, 0.2) is 75.1 Å². The van der Waals surface area contributed by atoms with Gasteiger partial charge in [-0.3, -0.25) is 9.52 Å². The van der Waals surface area contributed by atoms with Crippen molar-refractivity contribution in [3.8, 4) is 5.75 Å². The number of ether oxygens (including phenoxy) is 1. The first-order chi connectivity index (χ1) is 18.4. The number of anilines is 1. The van der Waals surface area contributed by atoms with Gasteiger partial charge in [-0.15, -0.1) is 11.3 Å². The fourth-order valence-electron chi connectivity index (χ4n) is 4.23. The van der Waals surface area contributed by atoms with Gasteiger partial charge in [0, 0.05) is 25.2 Å². The van der Waals surface area contributed by atoms with Crippen LogP contribution in [0.5, 0.6) is 5.75 Å². The molecule has 0 aliphatic carbocycles. The number of hydrogen-bond donors (Lipinski definition) is 2. The molecule has 210 valence electrons. The molecular formula is C26H31N3O7S3. The van der Waals surface area contributed by atoms with Crippen LogP contribution in [-0.4, -0.2) is 75.9 Å². The molecule has 1 amide bonds. The van der Waals surface area contributed by atoms with Gasteiger partial charge in [0.15, 0.2) is 0 Å². The van der Waals surface area contributed by atoms with Gasteiger partial charge in [0.05, 0.1) is 29.7 Å². The predicted octanol–water partition coefficient (Wildman–Crippen LogP) is 3.09. The molecule has 0 fully saturated rings. The van der Waals surface area contributed by atoms with E-state index in [2.05, 4.69) is 4.72 Å². The van der Waals surface area contributed by atoms with E-state index in [1.54, 1.807) is 36.6 Å². The van der Waals surface area contributed by atoms with Crippen molar-refractivity contribution in [1.29, 1.82) is 0 Å². The summed E-state index contributed by atoms with van der Waals surface area (Å²) in [5.41, 5.74) is 0.262. The summed E-state index contributed by atoms with van der Waals surface area (Å²) in [6.45, 7) is 3.48. The zero-order valence-corrected chi connectivity index (χ0v) is 24.2. The van der Waals surface area contributed by atoms with E-state index in [0.717, 1.165) is 11.3 Å². The van der Waals surface area contributed by atoms with Crippen molar-refractivity contribution in [3.63, 3.8) is 0 Å². The van der Waals surface area contributed by atoms with Crippen molar-refractivity contribution in [2.75, 3.05) is 31.5 Å². The van der Waals surface area contributed by atoms with E-state index in [1.807, 2.05) is 6.92 Å². The van der Waals surface area contributed by atoms with Crippen LogP contribution in [0.4, 0.5) is 5.69 Å². The number of thiophene rings is 1. The van der Waals surface area contributed by atoms with Gasteiger partial charge in [0.1, 0.15) is 16.1 Å². The fraction of sp³-hybridized carbons (Fsp3) is 0.346. The van der Waals surface area contributed by atoms with Crippen LogP contribution >= 0.6 is 11.3 Å². The van der Waals surface area contributed by atoms with Crippen LogP contribution in [0, 0.1) is 5.92 Å². The predicted molar refractivity (Wildman–Crippen MR) is 149 cm³/mol. The minimum absolute atomic E-state index is 0.0127. The Kier molecular flexibility index (Phi) is 8.66. The lowest BCUT2D eigenvalue weighted by molar-refractivity contribution is 0.0387. The molecule has 0 bridgehead atoms. The second-order valence-electron chi connectivity index (χ2n) is 9.47. The Balaban J connectivity index is 1.69. The second kappa shape index (κ2) is 11.6. The lowest BCUT2D eigenvalue weighted by Crippen LogP contribution is -2.50. The Morgan fingerprint density at radius 2 is 1.85 bits per heavy atom. The smallest absolute Gasteiger partial charge is 0.261 e. The number of nitrogens with one attached hydrogen (secondary N) is 1. The summed E-state index contributed by atoms with van der Waals surface area (Å²) in [5.74, 6) is -0.540. The molecule has 4 rings (SSSR count). The number of carbonyl (C=O) groups is 1. The van der Waals surface area contributed by atoms with E-state index in [9.17, 15) is 26.7 Å². The summed E-state index contributed by atoms with van der Waals surface area (Å²) >= 11 is 1.12. The summed E-state index contributed by atoms with van der Waals surface area (Å²) in [5, 5.41) is 11.5. The quantitative estimate of drug-likeness (QED) is 0.390. The summed E-state index contributed by atoms with van der Waals surface area (Å²) in [4.78, 5) is 15.2. The van der Waals surface area contributed by atoms with Crippen LogP contribution in [0.1, 0.15) is 24.2 Å². The highest BCUT2D eigenvalue weighted by atomic mass is 32.2. The van der Waals surface area contributed by atoms with Gasteiger partial charge in [-0.25, -0.2) is 16.8 Å². The number of sulfonamides is 2. The van der Waals surface area contributed by atoms with E-state index in [4.69, 9.17) is 4.74 Å². The maximum Gasteiger partial charge on any atom is 0.261 e. The molecule has 2 heterocycles. The number of likely N-dealkylation sites (N-methyl/N-ethyl adjacent to an activating group) is 1. The highest BCUT2D eigenvalue weighted by molar-refractivity contribution is 7.92. The van der Waals surface area contributed by atoms with Crippen LogP contribution in [0.2, 0.25) is 0 Å². The summed E-state index contributed by atoms with van der Waals surface area (Å²) < 4.78 is 62.0. The van der Waals surface area contributed by atoms with E-state index < -0.39 is 38.1 Å². The maximum atomic E-state index is 13.6. The summed E-state index contributed by atoms with van der Waals surface area (Å²) in [6, 6.07) is 14.9. The van der Waals surface area contributed by atoms with E-state index in [-0.39, 0.29) is 51.7 Å². The van der Waals surface area contributed by atoms with Crippen molar-refractivity contribution in [3.05, 3.63) is 71.6 Å². The minimum Gasteiger partial charge on any atom is -0.488 e. The molecule has 3 atom stereocenters. The molecule has 13 heteroatoms. The third-order valence-corrected chi connectivity index (χ3v) is 11.2. The molecule has 2 N–H and O–H groups in total. The van der Waals surface area contributed by atoms with Crippen LogP contribution in [-0.2, 0) is 20.0 Å². The van der Waals surface area contributed by atoms with E-state index in [1.165, 1.54) is 52.7 Å². The molecule has 0 radical (unpaired) electrons. The van der Waals surface area contributed by atoms with Gasteiger partial charge in [-0.1, -0.05) is 31.2 Å². The van der Waals surface area contributed by atoms with Crippen molar-refractivity contribution in [2.45, 2.75) is 35.1 Å². The lowest BCUT2D eigenvalue weighted by Gasteiger charge is -2.38. The third-order valence-electron chi connectivity index (χ3n) is 6.57. The number of amides is 1. The van der Waals surface area contributed by atoms with Gasteiger partial charge in [0.25, 0.3) is 26.0 Å². The molecule has 3 aromatic rings. The largest absolute Gasteiger partial charge is 0.488 e. The summed E-state index contributed by atoms with van der Waals surface area (Å²) in [7, 11) is -6.17. The number of fused-ring (bicyclic) bond motifs is 1. The Labute approximate surface area is 232 Å². The fourth-order valence-corrected chi connectivity index (χ4v) is 7.69. The van der Waals surface area contributed by atoms with E-state index in [0.29, 0.717) is 0 Å². The highest BCUT2D eigenvalue weighted by Crippen LogP contribution is 2.32. The Morgan fingerprint density at radius 1 is 1.13 bits per heavy atom. The Morgan fingerprint density at radius 3 is 2.49 bits per heavy atom. The van der Waals surface area contributed by atoms with Crippen LogP contribution in [0.3, 0.4) is 0 Å².